The molecule has 19 heavy (non-hydrogen) atoms. The molecular formula is C15H25N3S. The largest absolute Gasteiger partial charge is 0.389 e. The van der Waals surface area contributed by atoms with Crippen molar-refractivity contribution in [3.63, 3.8) is 0 Å². The highest BCUT2D eigenvalue weighted by Crippen LogP contribution is 2.17. The molecular weight excluding hydrogens is 254 g/mol. The summed E-state index contributed by atoms with van der Waals surface area (Å²) >= 11 is 5.08. The van der Waals surface area contributed by atoms with Crippen LogP contribution >= 0.6 is 12.2 Å². The molecule has 1 aromatic rings. The summed E-state index contributed by atoms with van der Waals surface area (Å²) in [5.74, 6) is 0. The number of rotatable bonds is 8. The Morgan fingerprint density at radius 3 is 2.58 bits per heavy atom. The molecule has 0 atom stereocenters. The van der Waals surface area contributed by atoms with Gasteiger partial charge in [0.2, 0.25) is 0 Å². The Kier molecular flexibility index (Phi) is 6.81. The number of anilines is 1. The molecule has 0 heterocycles. The van der Waals surface area contributed by atoms with Crippen molar-refractivity contribution in [2.45, 2.75) is 27.2 Å². The Morgan fingerprint density at radius 2 is 2.00 bits per heavy atom. The monoisotopic (exact) mass is 279 g/mol. The highest BCUT2D eigenvalue weighted by atomic mass is 32.1. The Bertz CT molecular complexity index is 414. The number of aryl methyl sites for hydroxylation is 1. The number of benzene rings is 1. The second-order valence-electron chi connectivity index (χ2n) is 4.72. The zero-order chi connectivity index (χ0) is 14.3. The van der Waals surface area contributed by atoms with E-state index in [-0.39, 0.29) is 0 Å². The number of nitrogens with one attached hydrogen (secondary N) is 1. The molecule has 3 N–H and O–H groups in total. The molecule has 0 spiro atoms. The van der Waals surface area contributed by atoms with Crippen LogP contribution in [0.25, 0.3) is 0 Å². The van der Waals surface area contributed by atoms with Crippen molar-refractivity contribution in [2.24, 2.45) is 5.73 Å². The van der Waals surface area contributed by atoms with Crippen molar-refractivity contribution in [1.82, 2.24) is 4.90 Å². The molecule has 0 saturated heterocycles. The van der Waals surface area contributed by atoms with Gasteiger partial charge >= 0.3 is 0 Å². The van der Waals surface area contributed by atoms with E-state index in [2.05, 4.69) is 37.1 Å². The average molecular weight is 279 g/mol. The molecule has 106 valence electrons. The molecule has 1 rings (SSSR count). The van der Waals surface area contributed by atoms with Crippen LogP contribution in [0.5, 0.6) is 0 Å². The minimum absolute atomic E-state index is 0.450. The first-order valence-electron chi connectivity index (χ1n) is 6.95. The number of thiocarbonyl (C=S) groups is 1. The lowest BCUT2D eigenvalue weighted by Gasteiger charge is -2.18. The van der Waals surface area contributed by atoms with E-state index in [1.807, 2.05) is 12.1 Å². The van der Waals surface area contributed by atoms with Gasteiger partial charge in [-0.15, -0.1) is 0 Å². The van der Waals surface area contributed by atoms with Gasteiger partial charge in [-0.25, -0.2) is 0 Å². The van der Waals surface area contributed by atoms with Crippen molar-refractivity contribution in [1.29, 1.82) is 0 Å². The van der Waals surface area contributed by atoms with Crippen molar-refractivity contribution in [3.05, 3.63) is 29.3 Å². The predicted octanol–water partition coefficient (Wildman–Crippen LogP) is 2.77. The van der Waals surface area contributed by atoms with E-state index in [1.165, 1.54) is 5.56 Å². The van der Waals surface area contributed by atoms with Gasteiger partial charge in [0.1, 0.15) is 4.99 Å². The maximum Gasteiger partial charge on any atom is 0.106 e. The normalized spacial score (nSPS) is 10.7. The summed E-state index contributed by atoms with van der Waals surface area (Å²) < 4.78 is 0. The lowest BCUT2D eigenvalue weighted by atomic mass is 10.1. The maximum atomic E-state index is 5.74. The zero-order valence-electron chi connectivity index (χ0n) is 12.2. The lowest BCUT2D eigenvalue weighted by Crippen LogP contribution is -2.25. The number of hydrogen-bond donors (Lipinski definition) is 2. The summed E-state index contributed by atoms with van der Waals surface area (Å²) in [6.07, 6.45) is 1.12. The van der Waals surface area contributed by atoms with Gasteiger partial charge in [0.25, 0.3) is 0 Å². The van der Waals surface area contributed by atoms with Crippen LogP contribution in [0, 0.1) is 6.92 Å². The van der Waals surface area contributed by atoms with Gasteiger partial charge in [0, 0.05) is 17.8 Å². The van der Waals surface area contributed by atoms with Gasteiger partial charge < -0.3 is 16.0 Å². The number of hydrogen-bond acceptors (Lipinski definition) is 3. The van der Waals surface area contributed by atoms with Gasteiger partial charge in [-0.3, -0.25) is 0 Å². The van der Waals surface area contributed by atoms with E-state index in [9.17, 15) is 0 Å². The second-order valence-corrected chi connectivity index (χ2v) is 5.16. The van der Waals surface area contributed by atoms with Crippen LogP contribution in [0.4, 0.5) is 5.69 Å². The van der Waals surface area contributed by atoms with Crippen LogP contribution in [-0.4, -0.2) is 36.1 Å². The fraction of sp³-hybridized carbons (Fsp3) is 0.533. The zero-order valence-corrected chi connectivity index (χ0v) is 13.0. The third-order valence-electron chi connectivity index (χ3n) is 3.30. The molecule has 0 fully saturated rings. The SMILES string of the molecule is CCN(CC)CCCNc1cc(C)ccc1C(N)=S. The van der Waals surface area contributed by atoms with E-state index in [1.54, 1.807) is 0 Å². The van der Waals surface area contributed by atoms with Crippen molar-refractivity contribution in [3.8, 4) is 0 Å². The van der Waals surface area contributed by atoms with Gasteiger partial charge in [-0.2, -0.15) is 0 Å². The molecule has 0 amide bonds. The summed E-state index contributed by atoms with van der Waals surface area (Å²) in [5, 5.41) is 3.44. The van der Waals surface area contributed by atoms with E-state index in [0.717, 1.165) is 43.9 Å². The summed E-state index contributed by atoms with van der Waals surface area (Å²) in [6, 6.07) is 6.13. The van der Waals surface area contributed by atoms with Crippen molar-refractivity contribution >= 4 is 22.9 Å². The van der Waals surface area contributed by atoms with Crippen LogP contribution in [0.1, 0.15) is 31.4 Å². The van der Waals surface area contributed by atoms with Gasteiger partial charge in [-0.05, 0) is 50.7 Å². The molecule has 1 aromatic carbocycles. The first-order valence-corrected chi connectivity index (χ1v) is 7.36. The standard InChI is InChI=1S/C15H25N3S/c1-4-18(5-2)10-6-9-17-14-11-12(3)7-8-13(14)15(16)19/h7-8,11,17H,4-6,9-10H2,1-3H3,(H2,16,19). The molecule has 0 bridgehead atoms. The quantitative estimate of drug-likeness (QED) is 0.567. The van der Waals surface area contributed by atoms with E-state index in [0.29, 0.717) is 4.99 Å². The maximum absolute atomic E-state index is 5.74. The summed E-state index contributed by atoms with van der Waals surface area (Å²) in [7, 11) is 0. The third-order valence-corrected chi connectivity index (χ3v) is 3.52. The third kappa shape index (κ3) is 5.17. The first-order chi connectivity index (χ1) is 9.08. The number of nitrogens with zero attached hydrogens (tertiary/aromatic N) is 1. The molecule has 4 heteroatoms. The summed E-state index contributed by atoms with van der Waals surface area (Å²) in [6.45, 7) is 10.7. The average Bonchev–Trinajstić information content (AvgIpc) is 2.38. The minimum Gasteiger partial charge on any atom is -0.389 e. The van der Waals surface area contributed by atoms with Crippen LogP contribution in [0.2, 0.25) is 0 Å². The van der Waals surface area contributed by atoms with E-state index < -0.39 is 0 Å². The molecule has 3 nitrogen and oxygen atoms in total. The predicted molar refractivity (Wildman–Crippen MR) is 88.0 cm³/mol. The smallest absolute Gasteiger partial charge is 0.106 e. The minimum atomic E-state index is 0.450. The Hall–Kier alpha value is -1.13. The molecule has 0 aliphatic carbocycles. The van der Waals surface area contributed by atoms with E-state index in [4.69, 9.17) is 18.0 Å². The van der Waals surface area contributed by atoms with E-state index >= 15 is 0 Å². The fourth-order valence-corrected chi connectivity index (χ4v) is 2.26. The van der Waals surface area contributed by atoms with Crippen molar-refractivity contribution < 1.29 is 0 Å². The fourth-order valence-electron chi connectivity index (χ4n) is 2.08. The Morgan fingerprint density at radius 1 is 1.32 bits per heavy atom. The second kappa shape index (κ2) is 8.12. The van der Waals surface area contributed by atoms with Gasteiger partial charge in [0.15, 0.2) is 0 Å². The van der Waals surface area contributed by atoms with Crippen LogP contribution < -0.4 is 11.1 Å². The topological polar surface area (TPSA) is 41.3 Å². The number of nitrogens with two attached hydrogens (primary N) is 1. The highest BCUT2D eigenvalue weighted by molar-refractivity contribution is 7.80. The van der Waals surface area contributed by atoms with Crippen LogP contribution in [0.15, 0.2) is 18.2 Å². The summed E-state index contributed by atoms with van der Waals surface area (Å²) in [5.41, 5.74) is 8.94. The first kappa shape index (κ1) is 15.9. The summed E-state index contributed by atoms with van der Waals surface area (Å²) in [4.78, 5) is 2.87. The highest BCUT2D eigenvalue weighted by Gasteiger charge is 2.05. The van der Waals surface area contributed by atoms with Crippen LogP contribution in [-0.2, 0) is 0 Å². The molecule has 0 unspecified atom stereocenters. The van der Waals surface area contributed by atoms with Gasteiger partial charge in [-0.1, -0.05) is 32.1 Å². The molecule has 0 radical (unpaired) electrons. The van der Waals surface area contributed by atoms with Crippen molar-refractivity contribution in [2.75, 3.05) is 31.5 Å². The Labute approximate surface area is 122 Å². The Balaban J connectivity index is 2.53. The van der Waals surface area contributed by atoms with Crippen LogP contribution in [0.3, 0.4) is 0 Å². The molecule has 0 saturated carbocycles. The molecule has 0 aliphatic heterocycles. The molecule has 0 aliphatic rings. The lowest BCUT2D eigenvalue weighted by molar-refractivity contribution is 0.303. The molecule has 0 aromatic heterocycles. The van der Waals surface area contributed by atoms with Gasteiger partial charge in [0.05, 0.1) is 0 Å².